The number of rotatable bonds is 8. The van der Waals surface area contributed by atoms with Crippen molar-refractivity contribution in [3.05, 3.63) is 42.5 Å². The summed E-state index contributed by atoms with van der Waals surface area (Å²) in [4.78, 5) is 12.9. The monoisotopic (exact) mass is 346 g/mol. The van der Waals surface area contributed by atoms with Crippen molar-refractivity contribution >= 4 is 35.7 Å². The molecule has 24 heavy (non-hydrogen) atoms. The Hall–Kier alpha value is -1.54. The van der Waals surface area contributed by atoms with Crippen LogP contribution in [0.5, 0.6) is 0 Å². The van der Waals surface area contributed by atoms with Crippen molar-refractivity contribution in [1.29, 1.82) is 0 Å². The van der Waals surface area contributed by atoms with E-state index in [9.17, 15) is 14.8 Å². The van der Waals surface area contributed by atoms with Gasteiger partial charge in [0, 0.05) is 4.90 Å². The Balaban J connectivity index is 1.82. The molecule has 1 unspecified atom stereocenters. The molecule has 0 radical (unpaired) electrons. The fraction of sp³-hybridized carbons (Fsp3) is 0.353. The molecule has 5 nitrogen and oxygen atoms in total. The molecule has 7 heteroatoms. The molecule has 1 amide bonds. The highest BCUT2D eigenvalue weighted by Crippen LogP contribution is 2.21. The molecule has 2 aromatic rings. The average Bonchev–Trinajstić information content (AvgIpc) is 2.53. The number of fused-ring (bicyclic) bond motifs is 1. The molecule has 0 bridgehead atoms. The van der Waals surface area contributed by atoms with Crippen LogP contribution in [0, 0.1) is 5.92 Å². The molecule has 0 spiro atoms. The second-order valence-electron chi connectivity index (χ2n) is 6.15. The molecule has 2 rings (SSSR count). The molecule has 0 aliphatic rings. The van der Waals surface area contributed by atoms with Crippen molar-refractivity contribution in [3.63, 3.8) is 0 Å². The first-order valence-corrected chi connectivity index (χ1v) is 8.81. The van der Waals surface area contributed by atoms with Crippen LogP contribution in [0.3, 0.4) is 0 Å². The van der Waals surface area contributed by atoms with Crippen molar-refractivity contribution in [2.75, 3.05) is 6.54 Å². The highest BCUT2D eigenvalue weighted by molar-refractivity contribution is 7.97. The lowest BCUT2D eigenvalue weighted by Gasteiger charge is -2.19. The van der Waals surface area contributed by atoms with Gasteiger partial charge in [-0.2, -0.15) is 0 Å². The van der Waals surface area contributed by atoms with Gasteiger partial charge < -0.3 is 15.4 Å². The van der Waals surface area contributed by atoms with Crippen LogP contribution in [0.2, 0.25) is 0 Å². The first kappa shape index (κ1) is 18.8. The largest absolute Gasteiger partial charge is 0.475 e. The second-order valence-corrected chi connectivity index (χ2v) is 7.11. The summed E-state index contributed by atoms with van der Waals surface area (Å²) in [5.74, 6) is -0.649. The van der Waals surface area contributed by atoms with Gasteiger partial charge in [0.1, 0.15) is 0 Å². The second kappa shape index (κ2) is 9.08. The summed E-state index contributed by atoms with van der Waals surface area (Å²) in [7, 11) is -1.55. The summed E-state index contributed by atoms with van der Waals surface area (Å²) < 4.78 is 3.01. The molecule has 0 aromatic heterocycles. The van der Waals surface area contributed by atoms with Crippen molar-refractivity contribution in [2.45, 2.75) is 31.1 Å². The van der Waals surface area contributed by atoms with Gasteiger partial charge in [-0.25, -0.2) is 0 Å². The van der Waals surface area contributed by atoms with Crippen LogP contribution in [0.15, 0.2) is 47.4 Å². The minimum Gasteiger partial charge on any atom is -0.426 e. The first-order valence-electron chi connectivity index (χ1n) is 7.99. The molecule has 0 aliphatic carbocycles. The van der Waals surface area contributed by atoms with Crippen LogP contribution in [0.25, 0.3) is 10.8 Å². The van der Waals surface area contributed by atoms with E-state index < -0.39 is 13.1 Å². The highest BCUT2D eigenvalue weighted by Gasteiger charge is 2.25. The van der Waals surface area contributed by atoms with Gasteiger partial charge in [0.25, 0.3) is 0 Å². The van der Waals surface area contributed by atoms with Gasteiger partial charge in [0.15, 0.2) is 0 Å². The minimum atomic E-state index is -1.55. The maximum atomic E-state index is 11.9. The van der Waals surface area contributed by atoms with Gasteiger partial charge in [-0.3, -0.25) is 9.52 Å². The number of amides is 1. The van der Waals surface area contributed by atoms with Crippen molar-refractivity contribution in [2.24, 2.45) is 5.92 Å². The zero-order valence-electron chi connectivity index (χ0n) is 13.9. The third-order valence-corrected chi connectivity index (χ3v) is 4.35. The molecule has 0 heterocycles. The number of carbonyl (C=O) groups excluding carboxylic acids is 1. The van der Waals surface area contributed by atoms with E-state index in [0.29, 0.717) is 6.42 Å². The van der Waals surface area contributed by atoms with Gasteiger partial charge in [-0.05, 0) is 47.2 Å². The van der Waals surface area contributed by atoms with Crippen LogP contribution in [0.1, 0.15) is 20.3 Å². The van der Waals surface area contributed by atoms with E-state index in [0.717, 1.165) is 10.3 Å². The molecule has 0 saturated carbocycles. The predicted molar refractivity (Wildman–Crippen MR) is 99.4 cm³/mol. The molecule has 1 atom stereocenters. The molecular weight excluding hydrogens is 323 g/mol. The lowest BCUT2D eigenvalue weighted by Crippen LogP contribution is -2.49. The summed E-state index contributed by atoms with van der Waals surface area (Å²) in [5, 5.41) is 23.6. The number of hydrogen-bond acceptors (Lipinski definition) is 5. The summed E-state index contributed by atoms with van der Waals surface area (Å²) in [5.41, 5.74) is 0. The molecule has 0 fully saturated rings. The predicted octanol–water partition coefficient (Wildman–Crippen LogP) is 1.98. The van der Waals surface area contributed by atoms with E-state index in [1.165, 1.54) is 17.3 Å². The third-order valence-electron chi connectivity index (χ3n) is 3.58. The smallest absolute Gasteiger partial charge is 0.426 e. The van der Waals surface area contributed by atoms with Crippen LogP contribution < -0.4 is 10.0 Å². The van der Waals surface area contributed by atoms with Gasteiger partial charge in [0.05, 0.1) is 12.5 Å². The normalized spacial score (nSPS) is 12.4. The number of carbonyl (C=O) groups is 1. The maximum absolute atomic E-state index is 11.9. The maximum Gasteiger partial charge on any atom is 0.475 e. The molecular formula is C17H23BN2O3S. The standard InChI is InChI=1S/C17H23BN2O3S/c1-12(2)9-16(18(22)23)20-17(21)11-19-24-15-8-7-13-5-3-4-6-14(13)10-15/h3-8,10,12,16,19,22-23H,9,11H2,1-2H3,(H,20,21). The minimum absolute atomic E-state index is 0.0960. The molecule has 0 saturated heterocycles. The van der Waals surface area contributed by atoms with Crippen LogP contribution in [-0.4, -0.2) is 35.6 Å². The SMILES string of the molecule is CC(C)CC(NC(=O)CNSc1ccc2ccccc2c1)B(O)O. The van der Waals surface area contributed by atoms with Crippen molar-refractivity contribution in [1.82, 2.24) is 10.0 Å². The first-order chi connectivity index (χ1) is 11.5. The quantitative estimate of drug-likeness (QED) is 0.434. The summed E-state index contributed by atoms with van der Waals surface area (Å²) in [6.45, 7) is 4.03. The fourth-order valence-electron chi connectivity index (χ4n) is 2.44. The Labute approximate surface area is 147 Å². The number of benzene rings is 2. The van der Waals surface area contributed by atoms with Crippen LogP contribution in [0.4, 0.5) is 0 Å². The van der Waals surface area contributed by atoms with Crippen LogP contribution >= 0.6 is 11.9 Å². The van der Waals surface area contributed by atoms with Crippen molar-refractivity contribution in [3.8, 4) is 0 Å². The Kier molecular flexibility index (Phi) is 7.11. The Morgan fingerprint density at radius 1 is 1.17 bits per heavy atom. The fourth-order valence-corrected chi connectivity index (χ4v) is 3.13. The zero-order chi connectivity index (χ0) is 17.5. The Bertz CT molecular complexity index is 682. The summed E-state index contributed by atoms with van der Waals surface area (Å²) >= 11 is 1.38. The van der Waals surface area contributed by atoms with Gasteiger partial charge in [-0.15, -0.1) is 0 Å². The third kappa shape index (κ3) is 5.83. The Morgan fingerprint density at radius 3 is 2.54 bits per heavy atom. The van der Waals surface area contributed by atoms with E-state index in [1.54, 1.807) is 0 Å². The lowest BCUT2D eigenvalue weighted by molar-refractivity contribution is -0.120. The van der Waals surface area contributed by atoms with E-state index in [2.05, 4.69) is 22.2 Å². The molecule has 128 valence electrons. The molecule has 0 aliphatic heterocycles. The average molecular weight is 346 g/mol. The van der Waals surface area contributed by atoms with Crippen molar-refractivity contribution < 1.29 is 14.8 Å². The number of hydrogen-bond donors (Lipinski definition) is 4. The number of nitrogens with one attached hydrogen (secondary N) is 2. The van der Waals surface area contributed by atoms with E-state index in [-0.39, 0.29) is 18.4 Å². The van der Waals surface area contributed by atoms with E-state index in [1.807, 2.05) is 44.2 Å². The van der Waals surface area contributed by atoms with Gasteiger partial charge in [-0.1, -0.05) is 44.2 Å². The van der Waals surface area contributed by atoms with Gasteiger partial charge >= 0.3 is 7.12 Å². The van der Waals surface area contributed by atoms with Crippen LogP contribution in [-0.2, 0) is 4.79 Å². The highest BCUT2D eigenvalue weighted by atomic mass is 32.2. The van der Waals surface area contributed by atoms with E-state index in [4.69, 9.17) is 0 Å². The summed E-state index contributed by atoms with van der Waals surface area (Å²) in [6, 6.07) is 14.2. The molecule has 2 aromatic carbocycles. The topological polar surface area (TPSA) is 81.6 Å². The van der Waals surface area contributed by atoms with E-state index >= 15 is 0 Å². The lowest BCUT2D eigenvalue weighted by atomic mass is 9.75. The zero-order valence-corrected chi connectivity index (χ0v) is 14.7. The Morgan fingerprint density at radius 2 is 1.88 bits per heavy atom. The molecule has 4 N–H and O–H groups in total. The summed E-state index contributed by atoms with van der Waals surface area (Å²) in [6.07, 6.45) is 0.515. The van der Waals surface area contributed by atoms with Gasteiger partial charge in [0.2, 0.25) is 5.91 Å².